The zero-order valence-electron chi connectivity index (χ0n) is 18.2. The Kier molecular flexibility index (Phi) is 7.62. The molecule has 0 spiro atoms. The highest BCUT2D eigenvalue weighted by atomic mass is 35.5. The van der Waals surface area contributed by atoms with E-state index in [2.05, 4.69) is 10.1 Å². The summed E-state index contributed by atoms with van der Waals surface area (Å²) in [6.07, 6.45) is -2.45. The molecule has 0 bridgehead atoms. The van der Waals surface area contributed by atoms with Crippen molar-refractivity contribution in [2.24, 2.45) is 5.41 Å². The molecule has 2 aromatic heterocycles. The molecule has 0 fully saturated rings. The smallest absolute Gasteiger partial charge is 0.394 e. The molecule has 10 heteroatoms. The first kappa shape index (κ1) is 25.0. The Balaban J connectivity index is 1.98. The zero-order chi connectivity index (χ0) is 23.4. The predicted octanol–water partition coefficient (Wildman–Crippen LogP) is 6.01. The van der Waals surface area contributed by atoms with Gasteiger partial charge >= 0.3 is 12.1 Å². The van der Waals surface area contributed by atoms with Crippen LogP contribution in [0.2, 0.25) is 5.15 Å². The maximum Gasteiger partial charge on any atom is 0.394 e. The summed E-state index contributed by atoms with van der Waals surface area (Å²) in [5, 5.41) is 4.16. The molecule has 0 amide bonds. The lowest BCUT2D eigenvalue weighted by Gasteiger charge is -2.30. The van der Waals surface area contributed by atoms with Gasteiger partial charge in [0.15, 0.2) is 5.82 Å². The van der Waals surface area contributed by atoms with Gasteiger partial charge in [0.25, 0.3) is 0 Å². The van der Waals surface area contributed by atoms with Crippen LogP contribution in [0.1, 0.15) is 64.2 Å². The Labute approximate surface area is 184 Å². The normalized spacial score (nSPS) is 14.2. The second-order valence-corrected chi connectivity index (χ2v) is 8.83. The van der Waals surface area contributed by atoms with Gasteiger partial charge in [0, 0.05) is 12.3 Å². The van der Waals surface area contributed by atoms with E-state index in [1.165, 1.54) is 24.6 Å². The summed E-state index contributed by atoms with van der Waals surface area (Å²) < 4.78 is 51.6. The third-order valence-electron chi connectivity index (χ3n) is 4.84. The fourth-order valence-corrected chi connectivity index (χ4v) is 2.93. The Morgan fingerprint density at radius 2 is 1.84 bits per heavy atom. The number of hydrogen-bond donors (Lipinski definition) is 0. The van der Waals surface area contributed by atoms with E-state index in [1.807, 2.05) is 0 Å². The number of esters is 1. The van der Waals surface area contributed by atoms with Crippen LogP contribution in [0.25, 0.3) is 5.82 Å². The van der Waals surface area contributed by atoms with Gasteiger partial charge in [-0.05, 0) is 52.2 Å². The van der Waals surface area contributed by atoms with Crippen LogP contribution < -0.4 is 4.74 Å². The third-order valence-corrected chi connectivity index (χ3v) is 5.13. The molecule has 1 atom stereocenters. The zero-order valence-corrected chi connectivity index (χ0v) is 19.0. The molecule has 172 valence electrons. The van der Waals surface area contributed by atoms with Gasteiger partial charge in [0.1, 0.15) is 10.8 Å². The lowest BCUT2D eigenvalue weighted by molar-refractivity contribution is -0.222. The van der Waals surface area contributed by atoms with Crippen LogP contribution >= 0.6 is 11.6 Å². The van der Waals surface area contributed by atoms with E-state index in [1.54, 1.807) is 39.1 Å². The number of rotatable bonds is 8. The highest BCUT2D eigenvalue weighted by molar-refractivity contribution is 6.32. The van der Waals surface area contributed by atoms with E-state index in [9.17, 15) is 18.0 Å². The van der Waals surface area contributed by atoms with Crippen LogP contribution in [0.4, 0.5) is 13.2 Å². The fourth-order valence-electron chi connectivity index (χ4n) is 2.71. The average Bonchev–Trinajstić information content (AvgIpc) is 3.11. The van der Waals surface area contributed by atoms with E-state index < -0.39 is 23.2 Å². The minimum absolute atomic E-state index is 0.0108. The number of ether oxygens (including phenoxy) is 2. The minimum Gasteiger partial charge on any atom is -0.477 e. The Morgan fingerprint density at radius 3 is 2.39 bits per heavy atom. The van der Waals surface area contributed by atoms with Crippen LogP contribution in [0.15, 0.2) is 24.4 Å². The maximum absolute atomic E-state index is 13.1. The quantitative estimate of drug-likeness (QED) is 0.273. The van der Waals surface area contributed by atoms with E-state index in [0.29, 0.717) is 5.82 Å². The monoisotopic (exact) mass is 461 g/mol. The summed E-state index contributed by atoms with van der Waals surface area (Å²) in [5.41, 5.74) is -2.26. The molecule has 0 aliphatic carbocycles. The van der Waals surface area contributed by atoms with Crippen molar-refractivity contribution >= 4 is 17.6 Å². The summed E-state index contributed by atoms with van der Waals surface area (Å²) in [6, 6.07) is 4.61. The van der Waals surface area contributed by atoms with Gasteiger partial charge in [-0.1, -0.05) is 25.4 Å². The molecule has 0 radical (unpaired) electrons. The van der Waals surface area contributed by atoms with Gasteiger partial charge in [-0.3, -0.25) is 0 Å². The van der Waals surface area contributed by atoms with Crippen LogP contribution in [-0.4, -0.2) is 39.1 Å². The van der Waals surface area contributed by atoms with Gasteiger partial charge in [-0.25, -0.2) is 14.5 Å². The lowest BCUT2D eigenvalue weighted by Crippen LogP contribution is -2.34. The predicted molar refractivity (Wildman–Crippen MR) is 111 cm³/mol. The molecule has 0 aromatic carbocycles. The number of carbonyl (C=O) groups excluding carboxylic acids is 1. The van der Waals surface area contributed by atoms with Crippen LogP contribution in [0.5, 0.6) is 5.88 Å². The molecular formula is C21H27ClF3N3O3. The molecule has 0 N–H and O–H groups in total. The molecule has 2 aromatic rings. The van der Waals surface area contributed by atoms with Gasteiger partial charge in [-0.2, -0.15) is 13.2 Å². The van der Waals surface area contributed by atoms with Gasteiger partial charge in [-0.15, -0.1) is 5.10 Å². The first-order valence-corrected chi connectivity index (χ1v) is 10.3. The van der Waals surface area contributed by atoms with Gasteiger partial charge in [0.2, 0.25) is 5.88 Å². The topological polar surface area (TPSA) is 66.2 Å². The highest BCUT2D eigenvalue weighted by Crippen LogP contribution is 2.44. The number of carbonyl (C=O) groups is 1. The molecule has 2 rings (SSSR count). The van der Waals surface area contributed by atoms with Crippen molar-refractivity contribution in [2.75, 3.05) is 6.61 Å². The van der Waals surface area contributed by atoms with Crippen molar-refractivity contribution in [2.45, 2.75) is 65.7 Å². The Hall–Kier alpha value is -2.29. The molecule has 0 saturated carbocycles. The maximum atomic E-state index is 13.1. The number of aromatic nitrogens is 3. The summed E-state index contributed by atoms with van der Waals surface area (Å²) in [6.45, 7) is 8.10. The number of hydrogen-bond acceptors (Lipinski definition) is 5. The SMILES string of the molecule is CCC(C)(CCCOc1ccn(-c2ccc(C(=O)OC(C)(C)C)c(Cl)n2)n1)C(F)(F)F. The van der Waals surface area contributed by atoms with Crippen molar-refractivity contribution < 1.29 is 27.4 Å². The second kappa shape index (κ2) is 9.46. The van der Waals surface area contributed by atoms with Crippen molar-refractivity contribution in [3.63, 3.8) is 0 Å². The standard InChI is InChI=1S/C21H27ClF3N3O3/c1-6-20(5,21(23,24)25)11-7-13-30-16-10-12-28(27-16)15-9-8-14(17(22)26-15)18(29)31-19(2,3)4/h8-10,12H,6-7,11,13H2,1-5H3. The summed E-state index contributed by atoms with van der Waals surface area (Å²) >= 11 is 6.13. The van der Waals surface area contributed by atoms with E-state index in [0.717, 1.165) is 0 Å². The van der Waals surface area contributed by atoms with Gasteiger partial charge < -0.3 is 9.47 Å². The minimum atomic E-state index is -4.25. The van der Waals surface area contributed by atoms with E-state index >= 15 is 0 Å². The number of nitrogens with zero attached hydrogens (tertiary/aromatic N) is 3. The van der Waals surface area contributed by atoms with Crippen LogP contribution in [0.3, 0.4) is 0 Å². The van der Waals surface area contributed by atoms with Gasteiger partial charge in [0.05, 0.1) is 17.6 Å². The lowest BCUT2D eigenvalue weighted by atomic mass is 9.82. The van der Waals surface area contributed by atoms with Crippen molar-refractivity contribution in [3.05, 3.63) is 35.1 Å². The highest BCUT2D eigenvalue weighted by Gasteiger charge is 2.48. The Bertz CT molecular complexity index is 909. The summed E-state index contributed by atoms with van der Waals surface area (Å²) in [5.74, 6) is 0.0149. The molecule has 31 heavy (non-hydrogen) atoms. The average molecular weight is 462 g/mol. The van der Waals surface area contributed by atoms with Crippen molar-refractivity contribution in [1.82, 2.24) is 14.8 Å². The third kappa shape index (κ3) is 6.59. The van der Waals surface area contributed by atoms with E-state index in [4.69, 9.17) is 21.1 Å². The first-order chi connectivity index (χ1) is 14.3. The molecule has 0 saturated heterocycles. The molecular weight excluding hydrogens is 435 g/mol. The summed E-state index contributed by atoms with van der Waals surface area (Å²) in [7, 11) is 0. The molecule has 6 nitrogen and oxygen atoms in total. The summed E-state index contributed by atoms with van der Waals surface area (Å²) in [4.78, 5) is 16.3. The van der Waals surface area contributed by atoms with E-state index in [-0.39, 0.29) is 42.5 Å². The largest absolute Gasteiger partial charge is 0.477 e. The number of pyridine rings is 1. The second-order valence-electron chi connectivity index (χ2n) is 8.47. The van der Waals surface area contributed by atoms with Crippen molar-refractivity contribution in [3.8, 4) is 11.7 Å². The number of alkyl halides is 3. The Morgan fingerprint density at radius 1 is 1.16 bits per heavy atom. The molecule has 0 aliphatic heterocycles. The molecule has 2 heterocycles. The molecule has 1 unspecified atom stereocenters. The van der Waals surface area contributed by atoms with Crippen molar-refractivity contribution in [1.29, 1.82) is 0 Å². The fraction of sp³-hybridized carbons (Fsp3) is 0.571. The number of halogens is 4. The van der Waals surface area contributed by atoms with Crippen LogP contribution in [-0.2, 0) is 4.74 Å². The first-order valence-electron chi connectivity index (χ1n) is 9.91. The molecule has 0 aliphatic rings. The van der Waals surface area contributed by atoms with Crippen LogP contribution in [0, 0.1) is 5.41 Å².